The van der Waals surface area contributed by atoms with Crippen LogP contribution in [0.15, 0.2) is 42.5 Å². The van der Waals surface area contributed by atoms with Crippen molar-refractivity contribution in [2.75, 3.05) is 24.2 Å². The second-order valence-electron chi connectivity index (χ2n) is 9.82. The normalized spacial score (nSPS) is 12.9. The number of methoxy groups -OCH3 is 1. The Labute approximate surface area is 228 Å². The summed E-state index contributed by atoms with van der Waals surface area (Å²) in [5.41, 5.74) is 3.50. The van der Waals surface area contributed by atoms with Crippen molar-refractivity contribution < 1.29 is 22.7 Å². The highest BCUT2D eigenvalue weighted by molar-refractivity contribution is 7.92. The molecule has 9 heteroatoms. The standard InChI is InChI=1S/C29H43N3O5S/c1-8-23(5)30-29(34)27(9-2)31(20-24-12-10-13-26(19-24)37-6)28(33)14-11-17-32(38(7,35)36)25-16-15-21(3)22(4)18-25/h10,12-13,15-16,18-19,23,27H,8-9,11,14,17,20H2,1-7H3,(H,30,34)/t23-,27+/m1/s1. The molecule has 8 nitrogen and oxygen atoms in total. The molecule has 0 aliphatic heterocycles. The molecule has 2 aromatic rings. The molecular weight excluding hydrogens is 502 g/mol. The zero-order valence-electron chi connectivity index (χ0n) is 23.8. The van der Waals surface area contributed by atoms with Crippen LogP contribution in [0.3, 0.4) is 0 Å². The first-order valence-electron chi connectivity index (χ1n) is 13.2. The molecule has 0 spiro atoms. The number of aryl methyl sites for hydroxylation is 2. The van der Waals surface area contributed by atoms with Gasteiger partial charge in [-0.3, -0.25) is 13.9 Å². The van der Waals surface area contributed by atoms with Gasteiger partial charge in [0, 0.05) is 25.6 Å². The SMILES string of the molecule is CC[C@@H](C)NC(=O)[C@H](CC)N(Cc1cccc(OC)c1)C(=O)CCCN(c1ccc(C)c(C)c1)S(C)(=O)=O. The van der Waals surface area contributed by atoms with Gasteiger partial charge < -0.3 is 15.0 Å². The number of amides is 2. The number of nitrogens with zero attached hydrogens (tertiary/aromatic N) is 2. The molecule has 0 heterocycles. The Bertz CT molecular complexity index is 1200. The molecule has 38 heavy (non-hydrogen) atoms. The van der Waals surface area contributed by atoms with Crippen LogP contribution in [0, 0.1) is 13.8 Å². The topological polar surface area (TPSA) is 96.0 Å². The lowest BCUT2D eigenvalue weighted by Gasteiger charge is -2.32. The maximum absolute atomic E-state index is 13.6. The van der Waals surface area contributed by atoms with Crippen molar-refractivity contribution in [1.82, 2.24) is 10.2 Å². The lowest BCUT2D eigenvalue weighted by molar-refractivity contribution is -0.141. The molecule has 1 N–H and O–H groups in total. The zero-order chi connectivity index (χ0) is 28.5. The average molecular weight is 546 g/mol. The minimum Gasteiger partial charge on any atom is -0.497 e. The van der Waals surface area contributed by atoms with Gasteiger partial charge in [0.05, 0.1) is 19.1 Å². The molecular formula is C29H43N3O5S. The molecule has 0 aromatic heterocycles. The molecule has 2 atom stereocenters. The number of carbonyl (C=O) groups is 2. The molecule has 0 fully saturated rings. The lowest BCUT2D eigenvalue weighted by atomic mass is 10.1. The molecule has 2 rings (SSSR count). The number of ether oxygens (including phenoxy) is 1. The molecule has 210 valence electrons. The third-order valence-corrected chi connectivity index (χ3v) is 8.00. The number of hydrogen-bond acceptors (Lipinski definition) is 5. The average Bonchev–Trinajstić information content (AvgIpc) is 2.87. The molecule has 0 aliphatic rings. The molecule has 0 radical (unpaired) electrons. The maximum Gasteiger partial charge on any atom is 0.243 e. The number of sulfonamides is 1. The summed E-state index contributed by atoms with van der Waals surface area (Å²) in [5, 5.41) is 3.00. The van der Waals surface area contributed by atoms with E-state index in [-0.39, 0.29) is 37.4 Å². The van der Waals surface area contributed by atoms with Crippen LogP contribution in [0.4, 0.5) is 5.69 Å². The fourth-order valence-electron chi connectivity index (χ4n) is 4.21. The molecule has 0 bridgehead atoms. The molecule has 2 amide bonds. The quantitative estimate of drug-likeness (QED) is 0.375. The predicted molar refractivity (Wildman–Crippen MR) is 153 cm³/mol. The van der Waals surface area contributed by atoms with Crippen molar-refractivity contribution >= 4 is 27.5 Å². The van der Waals surface area contributed by atoms with Crippen molar-refractivity contribution in [2.45, 2.75) is 78.9 Å². The van der Waals surface area contributed by atoms with Gasteiger partial charge in [0.1, 0.15) is 11.8 Å². The summed E-state index contributed by atoms with van der Waals surface area (Å²) in [4.78, 5) is 28.3. The van der Waals surface area contributed by atoms with Crippen molar-refractivity contribution in [1.29, 1.82) is 0 Å². The van der Waals surface area contributed by atoms with Crippen LogP contribution in [0.1, 0.15) is 63.1 Å². The number of rotatable bonds is 14. The fourth-order valence-corrected chi connectivity index (χ4v) is 5.17. The number of hydrogen-bond donors (Lipinski definition) is 1. The van der Waals surface area contributed by atoms with Crippen LogP contribution >= 0.6 is 0 Å². The Kier molecular flexibility index (Phi) is 11.6. The largest absolute Gasteiger partial charge is 0.497 e. The van der Waals surface area contributed by atoms with E-state index in [9.17, 15) is 18.0 Å². The lowest BCUT2D eigenvalue weighted by Crippen LogP contribution is -2.50. The van der Waals surface area contributed by atoms with Gasteiger partial charge in [-0.25, -0.2) is 8.42 Å². The fraction of sp³-hybridized carbons (Fsp3) is 0.517. The minimum absolute atomic E-state index is 0.00777. The van der Waals surface area contributed by atoms with Gasteiger partial charge in [-0.1, -0.05) is 32.0 Å². The smallest absolute Gasteiger partial charge is 0.243 e. The van der Waals surface area contributed by atoms with E-state index in [4.69, 9.17) is 4.74 Å². The Balaban J connectivity index is 2.26. The van der Waals surface area contributed by atoms with E-state index in [0.717, 1.165) is 23.1 Å². The third kappa shape index (κ3) is 8.75. The van der Waals surface area contributed by atoms with Gasteiger partial charge >= 0.3 is 0 Å². The van der Waals surface area contributed by atoms with Crippen LogP contribution in [0.5, 0.6) is 5.75 Å². The van der Waals surface area contributed by atoms with E-state index in [1.54, 1.807) is 18.1 Å². The zero-order valence-corrected chi connectivity index (χ0v) is 24.6. The van der Waals surface area contributed by atoms with Crippen molar-refractivity contribution in [3.05, 3.63) is 59.2 Å². The summed E-state index contributed by atoms with van der Waals surface area (Å²) < 4.78 is 31.8. The van der Waals surface area contributed by atoms with Crippen LogP contribution in [-0.2, 0) is 26.2 Å². The van der Waals surface area contributed by atoms with Crippen molar-refractivity contribution in [3.63, 3.8) is 0 Å². The van der Waals surface area contributed by atoms with E-state index in [2.05, 4.69) is 5.32 Å². The summed E-state index contributed by atoms with van der Waals surface area (Å²) >= 11 is 0. The second kappa shape index (κ2) is 14.2. The van der Waals surface area contributed by atoms with Crippen molar-refractivity contribution in [3.8, 4) is 5.75 Å². The summed E-state index contributed by atoms with van der Waals surface area (Å²) in [6.45, 7) is 10.1. The minimum atomic E-state index is -3.54. The highest BCUT2D eigenvalue weighted by atomic mass is 32.2. The van der Waals surface area contributed by atoms with Crippen LogP contribution < -0.4 is 14.4 Å². The summed E-state index contributed by atoms with van der Waals surface area (Å²) in [7, 11) is -1.96. The van der Waals surface area contributed by atoms with Gasteiger partial charge in [0.2, 0.25) is 21.8 Å². The Morgan fingerprint density at radius 1 is 1.03 bits per heavy atom. The Hall–Kier alpha value is -3.07. The van der Waals surface area contributed by atoms with E-state index in [0.29, 0.717) is 24.3 Å². The summed E-state index contributed by atoms with van der Waals surface area (Å²) in [6.07, 6.45) is 2.83. The number of nitrogens with one attached hydrogen (secondary N) is 1. The predicted octanol–water partition coefficient (Wildman–Crippen LogP) is 4.58. The molecule has 0 unspecified atom stereocenters. The van der Waals surface area contributed by atoms with E-state index >= 15 is 0 Å². The third-order valence-electron chi connectivity index (χ3n) is 6.80. The molecule has 0 saturated heterocycles. The number of anilines is 1. The summed E-state index contributed by atoms with van der Waals surface area (Å²) in [6, 6.07) is 12.3. The number of carbonyl (C=O) groups excluding carboxylic acids is 2. The molecule has 2 aromatic carbocycles. The first kappa shape index (κ1) is 31.1. The Morgan fingerprint density at radius 2 is 1.74 bits per heavy atom. The Morgan fingerprint density at radius 3 is 2.32 bits per heavy atom. The highest BCUT2D eigenvalue weighted by Crippen LogP contribution is 2.23. The molecule has 0 aliphatic carbocycles. The summed E-state index contributed by atoms with van der Waals surface area (Å²) in [5.74, 6) is 0.280. The van der Waals surface area contributed by atoms with Gasteiger partial charge in [-0.15, -0.1) is 0 Å². The van der Waals surface area contributed by atoms with Crippen LogP contribution in [0.2, 0.25) is 0 Å². The van der Waals surface area contributed by atoms with Gasteiger partial charge in [0.25, 0.3) is 0 Å². The molecule has 0 saturated carbocycles. The van der Waals surface area contributed by atoms with E-state index in [1.807, 2.05) is 71.0 Å². The van der Waals surface area contributed by atoms with Gasteiger partial charge in [-0.2, -0.15) is 0 Å². The monoisotopic (exact) mass is 545 g/mol. The van der Waals surface area contributed by atoms with Crippen molar-refractivity contribution in [2.24, 2.45) is 0 Å². The van der Waals surface area contributed by atoms with E-state index in [1.165, 1.54) is 10.6 Å². The van der Waals surface area contributed by atoms with Gasteiger partial charge in [0.15, 0.2) is 0 Å². The first-order chi connectivity index (χ1) is 17.9. The highest BCUT2D eigenvalue weighted by Gasteiger charge is 2.29. The number of benzene rings is 2. The second-order valence-corrected chi connectivity index (χ2v) is 11.7. The van der Waals surface area contributed by atoms with Gasteiger partial charge in [-0.05, 0) is 81.0 Å². The van der Waals surface area contributed by atoms with Crippen LogP contribution in [-0.4, -0.2) is 57.1 Å². The first-order valence-corrected chi connectivity index (χ1v) is 15.0. The van der Waals surface area contributed by atoms with Crippen LogP contribution in [0.25, 0.3) is 0 Å². The van der Waals surface area contributed by atoms with E-state index < -0.39 is 16.1 Å². The maximum atomic E-state index is 13.6.